The van der Waals surface area contributed by atoms with E-state index in [-0.39, 0.29) is 12.3 Å². The highest BCUT2D eigenvalue weighted by molar-refractivity contribution is 5.91. The van der Waals surface area contributed by atoms with Crippen molar-refractivity contribution in [1.29, 1.82) is 0 Å². The van der Waals surface area contributed by atoms with E-state index in [2.05, 4.69) is 5.32 Å². The summed E-state index contributed by atoms with van der Waals surface area (Å²) in [6, 6.07) is 4.30. The van der Waals surface area contributed by atoms with Crippen LogP contribution in [0.4, 0.5) is 4.39 Å². The topological polar surface area (TPSA) is 75.6 Å². The van der Waals surface area contributed by atoms with Crippen LogP contribution in [0.1, 0.15) is 12.5 Å². The quantitative estimate of drug-likeness (QED) is 0.778. The Bertz CT molecular complexity index is 528. The Morgan fingerprint density at radius 3 is 2.75 bits per heavy atom. The van der Waals surface area contributed by atoms with E-state index < -0.39 is 23.6 Å². The van der Waals surface area contributed by atoms with Crippen molar-refractivity contribution in [3.05, 3.63) is 35.7 Å². The van der Waals surface area contributed by atoms with Gasteiger partial charge in [-0.1, -0.05) is 13.0 Å². The first kappa shape index (κ1) is 15.7. The molecular formula is C14H16FNO4. The SMILES string of the molecule is COc1ccc(C=CC(=O)NCC(C)C(=O)O)cc1F. The maximum atomic E-state index is 13.4. The maximum Gasteiger partial charge on any atom is 0.308 e. The van der Waals surface area contributed by atoms with Gasteiger partial charge in [0.05, 0.1) is 13.0 Å². The van der Waals surface area contributed by atoms with Crippen molar-refractivity contribution in [2.75, 3.05) is 13.7 Å². The van der Waals surface area contributed by atoms with Gasteiger partial charge >= 0.3 is 5.97 Å². The summed E-state index contributed by atoms with van der Waals surface area (Å²) in [5, 5.41) is 11.1. The first-order chi connectivity index (χ1) is 9.43. The van der Waals surface area contributed by atoms with Crippen molar-refractivity contribution in [2.24, 2.45) is 5.92 Å². The number of halogens is 1. The van der Waals surface area contributed by atoms with Crippen LogP contribution in [0.3, 0.4) is 0 Å². The third-order valence-corrected chi connectivity index (χ3v) is 2.61. The van der Waals surface area contributed by atoms with Crippen molar-refractivity contribution < 1.29 is 23.8 Å². The van der Waals surface area contributed by atoms with Gasteiger partial charge < -0.3 is 15.2 Å². The van der Waals surface area contributed by atoms with Crippen molar-refractivity contribution in [3.8, 4) is 5.75 Å². The molecule has 1 rings (SSSR count). The fourth-order valence-electron chi connectivity index (χ4n) is 1.36. The molecule has 0 heterocycles. The zero-order valence-electron chi connectivity index (χ0n) is 11.2. The third-order valence-electron chi connectivity index (χ3n) is 2.61. The van der Waals surface area contributed by atoms with Crippen LogP contribution in [-0.2, 0) is 9.59 Å². The van der Waals surface area contributed by atoms with Crippen molar-refractivity contribution in [3.63, 3.8) is 0 Å². The maximum absolute atomic E-state index is 13.4. The van der Waals surface area contributed by atoms with Crippen LogP contribution in [0.5, 0.6) is 5.75 Å². The molecule has 6 heteroatoms. The molecule has 0 saturated heterocycles. The molecule has 108 valence electrons. The number of ether oxygens (including phenoxy) is 1. The fraction of sp³-hybridized carbons (Fsp3) is 0.286. The molecule has 1 amide bonds. The van der Waals surface area contributed by atoms with Crippen LogP contribution < -0.4 is 10.1 Å². The molecule has 0 aliphatic carbocycles. The van der Waals surface area contributed by atoms with Gasteiger partial charge in [0.25, 0.3) is 0 Å². The fourth-order valence-corrected chi connectivity index (χ4v) is 1.36. The van der Waals surface area contributed by atoms with Crippen LogP contribution >= 0.6 is 0 Å². The molecule has 1 aromatic rings. The molecular weight excluding hydrogens is 265 g/mol. The van der Waals surface area contributed by atoms with Gasteiger partial charge in [0.15, 0.2) is 11.6 Å². The number of carbonyl (C=O) groups is 2. The van der Waals surface area contributed by atoms with E-state index in [1.165, 1.54) is 38.3 Å². The van der Waals surface area contributed by atoms with E-state index in [9.17, 15) is 14.0 Å². The van der Waals surface area contributed by atoms with Crippen LogP contribution in [0.25, 0.3) is 6.08 Å². The molecule has 1 atom stereocenters. The number of hydrogen-bond acceptors (Lipinski definition) is 3. The molecule has 0 aliphatic heterocycles. The number of rotatable bonds is 6. The minimum atomic E-state index is -0.980. The summed E-state index contributed by atoms with van der Waals surface area (Å²) >= 11 is 0. The molecule has 0 radical (unpaired) electrons. The molecule has 2 N–H and O–H groups in total. The molecule has 20 heavy (non-hydrogen) atoms. The number of amides is 1. The van der Waals surface area contributed by atoms with Gasteiger partial charge in [-0.2, -0.15) is 0 Å². The number of carboxylic acid groups (broad SMARTS) is 1. The van der Waals surface area contributed by atoms with Crippen LogP contribution in [0.15, 0.2) is 24.3 Å². The average molecular weight is 281 g/mol. The summed E-state index contributed by atoms with van der Waals surface area (Å²) in [7, 11) is 1.37. The van der Waals surface area contributed by atoms with Crippen molar-refractivity contribution in [2.45, 2.75) is 6.92 Å². The minimum absolute atomic E-state index is 0.0372. The van der Waals surface area contributed by atoms with Gasteiger partial charge in [0.1, 0.15) is 0 Å². The van der Waals surface area contributed by atoms with Crippen LogP contribution in [-0.4, -0.2) is 30.6 Å². The lowest BCUT2D eigenvalue weighted by molar-refractivity contribution is -0.141. The summed E-state index contributed by atoms with van der Waals surface area (Å²) in [4.78, 5) is 22.0. The van der Waals surface area contributed by atoms with Gasteiger partial charge in [0.2, 0.25) is 5.91 Å². The smallest absolute Gasteiger partial charge is 0.308 e. The van der Waals surface area contributed by atoms with Crippen molar-refractivity contribution >= 4 is 18.0 Å². The Hall–Kier alpha value is -2.37. The molecule has 5 nitrogen and oxygen atoms in total. The highest BCUT2D eigenvalue weighted by Crippen LogP contribution is 2.18. The number of hydrogen-bond donors (Lipinski definition) is 2. The number of carbonyl (C=O) groups excluding carboxylic acids is 1. The van der Waals surface area contributed by atoms with Gasteiger partial charge in [-0.05, 0) is 23.8 Å². The van der Waals surface area contributed by atoms with Gasteiger partial charge in [0, 0.05) is 12.6 Å². The lowest BCUT2D eigenvalue weighted by Gasteiger charge is -2.06. The normalized spacial score (nSPS) is 12.2. The largest absolute Gasteiger partial charge is 0.494 e. The van der Waals surface area contributed by atoms with Gasteiger partial charge in [-0.15, -0.1) is 0 Å². The Kier molecular flexibility index (Phi) is 5.71. The lowest BCUT2D eigenvalue weighted by atomic mass is 10.2. The molecule has 0 aliphatic rings. The minimum Gasteiger partial charge on any atom is -0.494 e. The Morgan fingerprint density at radius 2 is 2.20 bits per heavy atom. The Labute approximate surface area is 116 Å². The summed E-state index contributed by atoms with van der Waals surface area (Å²) in [5.41, 5.74) is 0.504. The third kappa shape index (κ3) is 4.72. The van der Waals surface area contributed by atoms with E-state index in [4.69, 9.17) is 9.84 Å². The molecule has 0 spiro atoms. The molecule has 1 unspecified atom stereocenters. The van der Waals surface area contributed by atoms with E-state index in [1.807, 2.05) is 0 Å². The second-order valence-corrected chi connectivity index (χ2v) is 4.21. The van der Waals surface area contributed by atoms with E-state index in [0.717, 1.165) is 0 Å². The van der Waals surface area contributed by atoms with Gasteiger partial charge in [-0.25, -0.2) is 4.39 Å². The number of nitrogens with one attached hydrogen (secondary N) is 1. The molecule has 0 aromatic heterocycles. The highest BCUT2D eigenvalue weighted by Gasteiger charge is 2.10. The summed E-state index contributed by atoms with van der Waals surface area (Å²) in [6.07, 6.45) is 2.65. The standard InChI is InChI=1S/C14H16FNO4/c1-9(14(18)19)8-16-13(17)6-4-10-3-5-12(20-2)11(15)7-10/h3-7,9H,8H2,1-2H3,(H,16,17)(H,18,19). The van der Waals surface area contributed by atoms with Crippen LogP contribution in [0, 0.1) is 11.7 Å². The summed E-state index contributed by atoms with van der Waals surface area (Å²) in [5.74, 6) is -2.47. The van der Waals surface area contributed by atoms with E-state index in [1.54, 1.807) is 6.07 Å². The zero-order chi connectivity index (χ0) is 15.1. The Balaban J connectivity index is 2.57. The first-order valence-corrected chi connectivity index (χ1v) is 5.96. The second kappa shape index (κ2) is 7.28. The monoisotopic (exact) mass is 281 g/mol. The first-order valence-electron chi connectivity index (χ1n) is 5.96. The number of aliphatic carboxylic acids is 1. The number of benzene rings is 1. The van der Waals surface area contributed by atoms with Gasteiger partial charge in [-0.3, -0.25) is 9.59 Å². The summed E-state index contributed by atoms with van der Waals surface area (Å²) < 4.78 is 18.2. The van der Waals surface area contributed by atoms with Crippen molar-refractivity contribution in [1.82, 2.24) is 5.32 Å². The van der Waals surface area contributed by atoms with E-state index >= 15 is 0 Å². The number of methoxy groups -OCH3 is 1. The highest BCUT2D eigenvalue weighted by atomic mass is 19.1. The van der Waals surface area contributed by atoms with E-state index in [0.29, 0.717) is 5.56 Å². The van der Waals surface area contributed by atoms with Crippen LogP contribution in [0.2, 0.25) is 0 Å². The number of carboxylic acids is 1. The predicted molar refractivity (Wildman–Crippen MR) is 71.8 cm³/mol. The zero-order valence-corrected chi connectivity index (χ0v) is 11.2. The second-order valence-electron chi connectivity index (χ2n) is 4.21. The average Bonchev–Trinajstić information content (AvgIpc) is 2.42. The molecule has 0 fully saturated rings. The Morgan fingerprint density at radius 1 is 1.50 bits per heavy atom. The lowest BCUT2D eigenvalue weighted by Crippen LogP contribution is -2.30. The molecule has 0 bridgehead atoms. The molecule has 0 saturated carbocycles. The molecule has 1 aromatic carbocycles. The summed E-state index contributed by atoms with van der Waals surface area (Å²) in [6.45, 7) is 1.53. The predicted octanol–water partition coefficient (Wildman–Crippen LogP) is 1.68.